The van der Waals surface area contributed by atoms with E-state index in [4.69, 9.17) is 11.6 Å². The maximum Gasteiger partial charge on any atom is 0.123 e. The van der Waals surface area contributed by atoms with Gasteiger partial charge in [-0.1, -0.05) is 18.5 Å². The highest BCUT2D eigenvalue weighted by molar-refractivity contribution is 6.31. The quantitative estimate of drug-likeness (QED) is 0.824. The lowest BCUT2D eigenvalue weighted by molar-refractivity contribution is 0.619. The molecule has 0 spiro atoms. The monoisotopic (exact) mass is 281 g/mol. The summed E-state index contributed by atoms with van der Waals surface area (Å²) in [5.74, 6) is -0.281. The van der Waals surface area contributed by atoms with E-state index in [9.17, 15) is 4.39 Å². The molecular formula is C14H17ClFN3. The molecule has 1 heterocycles. The summed E-state index contributed by atoms with van der Waals surface area (Å²) < 4.78 is 14.9. The predicted molar refractivity (Wildman–Crippen MR) is 74.7 cm³/mol. The fourth-order valence-electron chi connectivity index (χ4n) is 1.83. The number of nitrogens with one attached hydrogen (secondary N) is 1. The molecule has 0 aliphatic rings. The van der Waals surface area contributed by atoms with E-state index in [0.717, 1.165) is 30.6 Å². The van der Waals surface area contributed by atoms with Gasteiger partial charge in [0.1, 0.15) is 5.82 Å². The SMILES string of the molecule is CCCNCc1cnn(Cc2cc(F)ccc2Cl)c1. The van der Waals surface area contributed by atoms with Crippen molar-refractivity contribution >= 4 is 11.6 Å². The molecule has 2 rings (SSSR count). The van der Waals surface area contributed by atoms with Crippen LogP contribution < -0.4 is 5.32 Å². The van der Waals surface area contributed by atoms with Crippen LogP contribution in [-0.4, -0.2) is 16.3 Å². The van der Waals surface area contributed by atoms with Crippen LogP contribution in [0.15, 0.2) is 30.6 Å². The van der Waals surface area contributed by atoms with Gasteiger partial charge in [-0.15, -0.1) is 0 Å². The summed E-state index contributed by atoms with van der Waals surface area (Å²) in [6, 6.07) is 4.37. The molecule has 1 aromatic heterocycles. The Morgan fingerprint density at radius 2 is 2.26 bits per heavy atom. The molecule has 3 nitrogen and oxygen atoms in total. The van der Waals surface area contributed by atoms with E-state index in [1.54, 1.807) is 10.7 Å². The molecule has 0 bridgehead atoms. The largest absolute Gasteiger partial charge is 0.313 e. The van der Waals surface area contributed by atoms with Gasteiger partial charge in [0.2, 0.25) is 0 Å². The Hall–Kier alpha value is -1.39. The van der Waals surface area contributed by atoms with Crippen LogP contribution in [0.1, 0.15) is 24.5 Å². The first-order valence-corrected chi connectivity index (χ1v) is 6.73. The molecule has 0 atom stereocenters. The summed E-state index contributed by atoms with van der Waals surface area (Å²) >= 11 is 6.04. The highest BCUT2D eigenvalue weighted by atomic mass is 35.5. The Morgan fingerprint density at radius 3 is 3.05 bits per heavy atom. The van der Waals surface area contributed by atoms with Crippen LogP contribution >= 0.6 is 11.6 Å². The van der Waals surface area contributed by atoms with Crippen molar-refractivity contribution in [2.24, 2.45) is 0 Å². The second-order valence-corrected chi connectivity index (χ2v) is 4.87. The summed E-state index contributed by atoms with van der Waals surface area (Å²) in [4.78, 5) is 0. The van der Waals surface area contributed by atoms with Gasteiger partial charge in [0.15, 0.2) is 0 Å². The number of hydrogen-bond acceptors (Lipinski definition) is 2. The van der Waals surface area contributed by atoms with Gasteiger partial charge in [0.25, 0.3) is 0 Å². The van der Waals surface area contributed by atoms with Crippen LogP contribution in [0.3, 0.4) is 0 Å². The average molecular weight is 282 g/mol. The van der Waals surface area contributed by atoms with E-state index in [-0.39, 0.29) is 5.82 Å². The minimum atomic E-state index is -0.281. The third-order valence-corrected chi connectivity index (χ3v) is 3.15. The molecule has 0 unspecified atom stereocenters. The molecule has 0 radical (unpaired) electrons. The van der Waals surface area contributed by atoms with Crippen molar-refractivity contribution in [2.75, 3.05) is 6.54 Å². The molecule has 102 valence electrons. The highest BCUT2D eigenvalue weighted by Gasteiger charge is 2.05. The molecule has 19 heavy (non-hydrogen) atoms. The van der Waals surface area contributed by atoms with Crippen molar-refractivity contribution in [3.63, 3.8) is 0 Å². The van der Waals surface area contributed by atoms with E-state index in [1.807, 2.05) is 12.4 Å². The Kier molecular flexibility index (Phi) is 4.93. The molecule has 2 aromatic rings. The van der Waals surface area contributed by atoms with Crippen molar-refractivity contribution in [3.05, 3.63) is 52.6 Å². The number of aromatic nitrogens is 2. The third kappa shape index (κ3) is 4.04. The maximum atomic E-state index is 13.2. The van der Waals surface area contributed by atoms with Crippen molar-refractivity contribution in [1.82, 2.24) is 15.1 Å². The number of halogens is 2. The van der Waals surface area contributed by atoms with Crippen molar-refractivity contribution < 1.29 is 4.39 Å². The molecular weight excluding hydrogens is 265 g/mol. The summed E-state index contributed by atoms with van der Waals surface area (Å²) in [5.41, 5.74) is 1.85. The molecule has 0 saturated carbocycles. The van der Waals surface area contributed by atoms with E-state index in [1.165, 1.54) is 12.1 Å². The predicted octanol–water partition coefficient (Wildman–Crippen LogP) is 3.22. The smallest absolute Gasteiger partial charge is 0.123 e. The first-order valence-electron chi connectivity index (χ1n) is 6.35. The molecule has 0 aliphatic heterocycles. The first-order chi connectivity index (χ1) is 9.19. The summed E-state index contributed by atoms with van der Waals surface area (Å²) in [6.07, 6.45) is 4.87. The number of nitrogens with zero attached hydrogens (tertiary/aromatic N) is 2. The lowest BCUT2D eigenvalue weighted by atomic mass is 10.2. The maximum absolute atomic E-state index is 13.2. The van der Waals surface area contributed by atoms with Gasteiger partial charge in [-0.2, -0.15) is 5.10 Å². The van der Waals surface area contributed by atoms with E-state index in [2.05, 4.69) is 17.3 Å². The zero-order chi connectivity index (χ0) is 13.7. The minimum Gasteiger partial charge on any atom is -0.313 e. The number of rotatable bonds is 6. The first kappa shape index (κ1) is 14.0. The fraction of sp³-hybridized carbons (Fsp3) is 0.357. The van der Waals surface area contributed by atoms with E-state index in [0.29, 0.717) is 11.6 Å². The average Bonchev–Trinajstić information content (AvgIpc) is 2.82. The van der Waals surface area contributed by atoms with Crippen molar-refractivity contribution in [2.45, 2.75) is 26.4 Å². The van der Waals surface area contributed by atoms with E-state index < -0.39 is 0 Å². The van der Waals surface area contributed by atoms with Gasteiger partial charge >= 0.3 is 0 Å². The number of benzene rings is 1. The van der Waals surface area contributed by atoms with Crippen LogP contribution in [0.2, 0.25) is 5.02 Å². The molecule has 1 aromatic carbocycles. The van der Waals surface area contributed by atoms with Crippen LogP contribution in [0.25, 0.3) is 0 Å². The van der Waals surface area contributed by atoms with Gasteiger partial charge in [-0.05, 0) is 36.7 Å². The normalized spacial score (nSPS) is 10.9. The molecule has 0 aliphatic carbocycles. The van der Waals surface area contributed by atoms with Gasteiger partial charge in [-0.25, -0.2) is 4.39 Å². The van der Waals surface area contributed by atoms with E-state index >= 15 is 0 Å². The fourth-order valence-corrected chi connectivity index (χ4v) is 2.01. The third-order valence-electron chi connectivity index (χ3n) is 2.78. The van der Waals surface area contributed by atoms with Gasteiger partial charge < -0.3 is 5.32 Å². The van der Waals surface area contributed by atoms with Crippen molar-refractivity contribution in [3.8, 4) is 0 Å². The van der Waals surface area contributed by atoms with Crippen molar-refractivity contribution in [1.29, 1.82) is 0 Å². The molecule has 0 amide bonds. The molecule has 0 saturated heterocycles. The van der Waals surface area contributed by atoms with Crippen LogP contribution in [-0.2, 0) is 13.1 Å². The summed E-state index contributed by atoms with van der Waals surface area (Å²) in [7, 11) is 0. The second-order valence-electron chi connectivity index (χ2n) is 4.46. The topological polar surface area (TPSA) is 29.9 Å². The molecule has 0 fully saturated rings. The molecule has 5 heteroatoms. The summed E-state index contributed by atoms with van der Waals surface area (Å²) in [5, 5.41) is 8.12. The van der Waals surface area contributed by atoms with Gasteiger partial charge in [0, 0.05) is 23.3 Å². The van der Waals surface area contributed by atoms with Gasteiger partial charge in [-0.3, -0.25) is 4.68 Å². The molecule has 1 N–H and O–H groups in total. The Morgan fingerprint density at radius 1 is 1.42 bits per heavy atom. The van der Waals surface area contributed by atoms with Gasteiger partial charge in [0.05, 0.1) is 12.7 Å². The minimum absolute atomic E-state index is 0.281. The van der Waals surface area contributed by atoms with Crippen LogP contribution in [0.4, 0.5) is 4.39 Å². The van der Waals surface area contributed by atoms with Crippen LogP contribution in [0.5, 0.6) is 0 Å². The highest BCUT2D eigenvalue weighted by Crippen LogP contribution is 2.18. The Labute approximate surface area is 117 Å². The second kappa shape index (κ2) is 6.68. The van der Waals surface area contributed by atoms with Crippen LogP contribution in [0, 0.1) is 5.82 Å². The lowest BCUT2D eigenvalue weighted by Crippen LogP contribution is -2.13. The lowest BCUT2D eigenvalue weighted by Gasteiger charge is -2.04. The standard InChI is InChI=1S/C14H17ClFN3/c1-2-5-17-7-11-8-18-19(9-11)10-12-6-13(16)3-4-14(12)15/h3-4,6,8-9,17H,2,5,7,10H2,1H3. The Bertz CT molecular complexity index is 539. The summed E-state index contributed by atoms with van der Waals surface area (Å²) in [6.45, 7) is 4.39. The zero-order valence-electron chi connectivity index (χ0n) is 10.9. The Balaban J connectivity index is 2.01. The zero-order valence-corrected chi connectivity index (χ0v) is 11.6. The number of hydrogen-bond donors (Lipinski definition) is 1.